The van der Waals surface area contributed by atoms with Crippen LogP contribution in [0.15, 0.2) is 0 Å². The van der Waals surface area contributed by atoms with Crippen LogP contribution >= 0.6 is 0 Å². The van der Waals surface area contributed by atoms with Crippen molar-refractivity contribution in [3.8, 4) is 0 Å². The maximum atomic E-state index is 2.67. The molecule has 1 heteroatoms. The number of hydrogen-bond donors (Lipinski definition) is 0. The van der Waals surface area contributed by atoms with E-state index in [0.29, 0.717) is 5.54 Å². The van der Waals surface area contributed by atoms with Gasteiger partial charge < -0.3 is 0 Å². The average Bonchev–Trinajstić information content (AvgIpc) is 2.12. The van der Waals surface area contributed by atoms with Gasteiger partial charge in [0.1, 0.15) is 0 Å². The molecule has 1 heterocycles. The van der Waals surface area contributed by atoms with Gasteiger partial charge in [-0.1, -0.05) is 13.8 Å². The minimum atomic E-state index is 0.378. The Balaban J connectivity index is 1.83. The minimum Gasteiger partial charge on any atom is -0.298 e. The molecule has 0 N–H and O–H groups in total. The van der Waals surface area contributed by atoms with Crippen molar-refractivity contribution in [2.24, 2.45) is 17.3 Å². The van der Waals surface area contributed by atoms with Gasteiger partial charge in [0.05, 0.1) is 0 Å². The molecule has 0 bridgehead atoms. The molecule has 0 unspecified atom stereocenters. The van der Waals surface area contributed by atoms with Crippen LogP contribution in [0.1, 0.15) is 60.3 Å². The van der Waals surface area contributed by atoms with Crippen LogP contribution in [-0.4, -0.2) is 23.5 Å². The highest BCUT2D eigenvalue weighted by Gasteiger charge is 2.47. The molecule has 2 fully saturated rings. The third-order valence-electron chi connectivity index (χ3n) is 5.11. The predicted molar refractivity (Wildman–Crippen MR) is 70.6 cm³/mol. The van der Waals surface area contributed by atoms with Crippen molar-refractivity contribution >= 4 is 0 Å². The van der Waals surface area contributed by atoms with Gasteiger partial charge in [0.15, 0.2) is 0 Å². The smallest absolute Gasteiger partial charge is 0.0125 e. The van der Waals surface area contributed by atoms with E-state index in [0.717, 1.165) is 17.3 Å². The summed E-state index contributed by atoms with van der Waals surface area (Å²) in [7, 11) is 0. The van der Waals surface area contributed by atoms with Crippen molar-refractivity contribution in [1.29, 1.82) is 0 Å². The first-order valence-electron chi connectivity index (χ1n) is 7.07. The molecule has 0 atom stereocenters. The molecule has 0 radical (unpaired) electrons. The van der Waals surface area contributed by atoms with Gasteiger partial charge >= 0.3 is 0 Å². The summed E-state index contributed by atoms with van der Waals surface area (Å²) in [4.78, 5) is 2.67. The molecule has 0 amide bonds. The molecule has 1 saturated carbocycles. The van der Waals surface area contributed by atoms with Gasteiger partial charge in [0.2, 0.25) is 0 Å². The summed E-state index contributed by atoms with van der Waals surface area (Å²) in [6.45, 7) is 14.5. The number of piperidine rings is 1. The van der Waals surface area contributed by atoms with Crippen LogP contribution in [0.3, 0.4) is 0 Å². The monoisotopic (exact) mass is 223 g/mol. The van der Waals surface area contributed by atoms with E-state index in [9.17, 15) is 0 Å². The summed E-state index contributed by atoms with van der Waals surface area (Å²) in [6, 6.07) is 0. The van der Waals surface area contributed by atoms with Crippen molar-refractivity contribution in [2.75, 3.05) is 13.1 Å². The largest absolute Gasteiger partial charge is 0.298 e. The highest BCUT2D eigenvalue weighted by molar-refractivity contribution is 4.99. The van der Waals surface area contributed by atoms with E-state index in [-0.39, 0.29) is 0 Å². The first kappa shape index (κ1) is 12.4. The molecular formula is C15H29N. The normalized spacial score (nSPS) is 27.4. The summed E-state index contributed by atoms with van der Waals surface area (Å²) in [5, 5.41) is 0. The van der Waals surface area contributed by atoms with Crippen LogP contribution in [0, 0.1) is 17.3 Å². The fourth-order valence-corrected chi connectivity index (χ4v) is 3.58. The molecule has 1 nitrogen and oxygen atoms in total. The Morgan fingerprint density at radius 1 is 1.06 bits per heavy atom. The summed E-state index contributed by atoms with van der Waals surface area (Å²) in [6.07, 6.45) is 5.94. The number of nitrogens with zero attached hydrogens (tertiary/aromatic N) is 1. The average molecular weight is 223 g/mol. The van der Waals surface area contributed by atoms with Crippen molar-refractivity contribution in [2.45, 2.75) is 65.8 Å². The summed E-state index contributed by atoms with van der Waals surface area (Å²) in [5.74, 6) is 1.94. The van der Waals surface area contributed by atoms with Crippen LogP contribution in [0.5, 0.6) is 0 Å². The molecule has 94 valence electrons. The summed E-state index contributed by atoms with van der Waals surface area (Å²) >= 11 is 0. The van der Waals surface area contributed by atoms with Gasteiger partial charge in [-0.3, -0.25) is 4.90 Å². The topological polar surface area (TPSA) is 3.24 Å². The molecule has 1 spiro atoms. The number of hydrogen-bond acceptors (Lipinski definition) is 1. The number of likely N-dealkylation sites (tertiary alicyclic amines) is 1. The maximum absolute atomic E-state index is 2.67. The standard InChI is InChI=1S/C15H29N/c1-12(2)13-10-15(11-13)6-8-16(9-7-15)14(3,4)5/h12-13H,6-11H2,1-5H3. The van der Waals surface area contributed by atoms with Crippen molar-refractivity contribution < 1.29 is 0 Å². The van der Waals surface area contributed by atoms with Crippen molar-refractivity contribution in [1.82, 2.24) is 4.90 Å². The molecule has 2 aliphatic rings. The lowest BCUT2D eigenvalue weighted by Gasteiger charge is -2.55. The van der Waals surface area contributed by atoms with Crippen LogP contribution < -0.4 is 0 Å². The highest BCUT2D eigenvalue weighted by atomic mass is 15.2. The zero-order chi connectivity index (χ0) is 12.0. The van der Waals surface area contributed by atoms with E-state index in [2.05, 4.69) is 39.5 Å². The highest BCUT2D eigenvalue weighted by Crippen LogP contribution is 2.55. The second kappa shape index (κ2) is 4.01. The Morgan fingerprint density at radius 2 is 1.56 bits per heavy atom. The molecule has 16 heavy (non-hydrogen) atoms. The summed E-state index contributed by atoms with van der Waals surface area (Å²) < 4.78 is 0. The van der Waals surface area contributed by atoms with Crippen LogP contribution in [0.2, 0.25) is 0 Å². The molecule has 0 aromatic carbocycles. The van der Waals surface area contributed by atoms with Crippen molar-refractivity contribution in [3.63, 3.8) is 0 Å². The first-order chi connectivity index (χ1) is 7.32. The Labute approximate surface area is 102 Å². The van der Waals surface area contributed by atoms with E-state index in [1.165, 1.54) is 38.8 Å². The van der Waals surface area contributed by atoms with E-state index in [1.54, 1.807) is 0 Å². The van der Waals surface area contributed by atoms with E-state index < -0.39 is 0 Å². The lowest BCUT2D eigenvalue weighted by Crippen LogP contribution is -2.53. The molecule has 1 aliphatic heterocycles. The van der Waals surface area contributed by atoms with Gasteiger partial charge in [-0.15, -0.1) is 0 Å². The van der Waals surface area contributed by atoms with Gasteiger partial charge in [-0.2, -0.15) is 0 Å². The van der Waals surface area contributed by atoms with Crippen LogP contribution in [-0.2, 0) is 0 Å². The lowest BCUT2D eigenvalue weighted by atomic mass is 9.55. The van der Waals surface area contributed by atoms with Gasteiger partial charge in [0, 0.05) is 5.54 Å². The molecule has 1 saturated heterocycles. The second-order valence-corrected chi connectivity index (χ2v) is 7.57. The zero-order valence-electron chi connectivity index (χ0n) is 11.8. The third-order valence-corrected chi connectivity index (χ3v) is 5.11. The zero-order valence-corrected chi connectivity index (χ0v) is 11.8. The van der Waals surface area contributed by atoms with E-state index in [4.69, 9.17) is 0 Å². The third kappa shape index (κ3) is 2.30. The Kier molecular flexibility index (Phi) is 3.11. The molecule has 1 aliphatic carbocycles. The maximum Gasteiger partial charge on any atom is 0.0125 e. The number of rotatable bonds is 1. The lowest BCUT2D eigenvalue weighted by molar-refractivity contribution is -0.0495. The van der Waals surface area contributed by atoms with Gasteiger partial charge in [0.25, 0.3) is 0 Å². The van der Waals surface area contributed by atoms with E-state index >= 15 is 0 Å². The molecule has 0 aromatic rings. The van der Waals surface area contributed by atoms with Gasteiger partial charge in [-0.25, -0.2) is 0 Å². The first-order valence-corrected chi connectivity index (χ1v) is 7.07. The van der Waals surface area contributed by atoms with Crippen LogP contribution in [0.4, 0.5) is 0 Å². The van der Waals surface area contributed by atoms with Gasteiger partial charge in [-0.05, 0) is 76.8 Å². The summed E-state index contributed by atoms with van der Waals surface area (Å²) in [5.41, 5.74) is 1.14. The Bertz CT molecular complexity index is 233. The van der Waals surface area contributed by atoms with E-state index in [1.807, 2.05) is 0 Å². The Morgan fingerprint density at radius 3 is 1.94 bits per heavy atom. The minimum absolute atomic E-state index is 0.378. The molecule has 2 rings (SSSR count). The second-order valence-electron chi connectivity index (χ2n) is 7.57. The quantitative estimate of drug-likeness (QED) is 0.651. The Hall–Kier alpha value is -0.0400. The predicted octanol–water partition coefficient (Wildman–Crippen LogP) is 3.93. The molecule has 0 aromatic heterocycles. The SMILES string of the molecule is CC(C)C1CC2(CCN(C(C)(C)C)CC2)C1. The fourth-order valence-electron chi connectivity index (χ4n) is 3.58. The van der Waals surface area contributed by atoms with Crippen LogP contribution in [0.25, 0.3) is 0 Å². The molecular weight excluding hydrogens is 194 g/mol. The fraction of sp³-hybridized carbons (Fsp3) is 1.00. The van der Waals surface area contributed by atoms with Crippen molar-refractivity contribution in [3.05, 3.63) is 0 Å².